The van der Waals surface area contributed by atoms with Crippen molar-refractivity contribution in [2.24, 2.45) is 0 Å². The second kappa shape index (κ2) is 6.11. The Bertz CT molecular complexity index is 858. The van der Waals surface area contributed by atoms with Crippen LogP contribution in [0.25, 0.3) is 0 Å². The van der Waals surface area contributed by atoms with Crippen molar-refractivity contribution in [1.82, 2.24) is 0 Å². The Morgan fingerprint density at radius 3 is 2.04 bits per heavy atom. The third kappa shape index (κ3) is 3.71. The number of halogens is 1. The van der Waals surface area contributed by atoms with Gasteiger partial charge in [0, 0.05) is 16.4 Å². The van der Waals surface area contributed by atoms with Crippen molar-refractivity contribution in [2.75, 3.05) is 16.3 Å². The van der Waals surface area contributed by atoms with Gasteiger partial charge in [0.15, 0.2) is 0 Å². The molecule has 3 rings (SSSR count). The van der Waals surface area contributed by atoms with Crippen LogP contribution in [-0.2, 0) is 20.2 Å². The number of rotatable bonds is 5. The molecule has 0 spiro atoms. The molecule has 7 heteroatoms. The normalized spacial score (nSPS) is 15.6. The lowest BCUT2D eigenvalue weighted by Crippen LogP contribution is -2.27. The molecule has 1 aliphatic carbocycles. The zero-order valence-electron chi connectivity index (χ0n) is 13.0. The fraction of sp³-hybridized carbons (Fsp3) is 0.235. The predicted octanol–water partition coefficient (Wildman–Crippen LogP) is 3.38. The first-order valence-corrected chi connectivity index (χ1v) is 9.71. The lowest BCUT2D eigenvalue weighted by molar-refractivity contribution is -0.118. The highest BCUT2D eigenvalue weighted by atomic mass is 35.5. The number of hydrogen-bond acceptors (Lipinski definition) is 3. The largest absolute Gasteiger partial charge is 0.325 e. The maximum absolute atomic E-state index is 12.6. The molecule has 0 atom stereocenters. The number of anilines is 2. The molecule has 2 N–H and O–H groups in total. The lowest BCUT2D eigenvalue weighted by Gasteiger charge is -2.16. The van der Waals surface area contributed by atoms with Gasteiger partial charge in [-0.1, -0.05) is 23.7 Å². The first kappa shape index (κ1) is 16.8. The third-order valence-corrected chi connectivity index (χ3v) is 4.89. The smallest absolute Gasteiger partial charge is 0.235 e. The minimum atomic E-state index is -3.31. The van der Waals surface area contributed by atoms with E-state index >= 15 is 0 Å². The van der Waals surface area contributed by atoms with E-state index in [9.17, 15) is 13.2 Å². The molecule has 0 aromatic heterocycles. The summed E-state index contributed by atoms with van der Waals surface area (Å²) in [5.41, 5.74) is 1.54. The van der Waals surface area contributed by atoms with Gasteiger partial charge in [0.2, 0.25) is 15.9 Å². The minimum Gasteiger partial charge on any atom is -0.325 e. The molecule has 2 aromatic carbocycles. The standard InChI is InChI=1S/C17H17ClN2O3S/c1-24(22,23)20-15-8-6-14(7-9-15)19-16(21)17(10-11-17)12-2-4-13(18)5-3-12/h2-9,20H,10-11H2,1H3,(H,19,21). The Morgan fingerprint density at radius 1 is 1.00 bits per heavy atom. The van der Waals surface area contributed by atoms with Gasteiger partial charge < -0.3 is 5.32 Å². The molecule has 2 aromatic rings. The summed E-state index contributed by atoms with van der Waals surface area (Å²) in [7, 11) is -3.31. The molecule has 1 saturated carbocycles. The molecule has 0 saturated heterocycles. The van der Waals surface area contributed by atoms with Gasteiger partial charge in [-0.3, -0.25) is 9.52 Å². The lowest BCUT2D eigenvalue weighted by atomic mass is 9.95. The van der Waals surface area contributed by atoms with Crippen LogP contribution in [0.15, 0.2) is 48.5 Å². The number of benzene rings is 2. The molecular formula is C17H17ClN2O3S. The van der Waals surface area contributed by atoms with Gasteiger partial charge in [0.05, 0.1) is 11.7 Å². The Hall–Kier alpha value is -2.05. The number of sulfonamides is 1. The van der Waals surface area contributed by atoms with Crippen LogP contribution in [-0.4, -0.2) is 20.6 Å². The van der Waals surface area contributed by atoms with E-state index in [0.29, 0.717) is 16.4 Å². The average Bonchev–Trinajstić information content (AvgIpc) is 3.30. The predicted molar refractivity (Wildman–Crippen MR) is 95.9 cm³/mol. The summed E-state index contributed by atoms with van der Waals surface area (Å²) < 4.78 is 24.8. The first-order chi connectivity index (χ1) is 11.3. The van der Waals surface area contributed by atoms with Crippen LogP contribution in [0.3, 0.4) is 0 Å². The zero-order chi connectivity index (χ0) is 17.4. The summed E-state index contributed by atoms with van der Waals surface area (Å²) in [6.45, 7) is 0. The van der Waals surface area contributed by atoms with Crippen molar-refractivity contribution in [1.29, 1.82) is 0 Å². The quantitative estimate of drug-likeness (QED) is 0.853. The van der Waals surface area contributed by atoms with E-state index in [-0.39, 0.29) is 5.91 Å². The topological polar surface area (TPSA) is 75.3 Å². The summed E-state index contributed by atoms with van der Waals surface area (Å²) in [6, 6.07) is 13.9. The number of nitrogens with one attached hydrogen (secondary N) is 2. The van der Waals surface area contributed by atoms with Gasteiger partial charge in [-0.2, -0.15) is 0 Å². The molecule has 1 amide bonds. The second-order valence-electron chi connectivity index (χ2n) is 5.99. The number of amides is 1. The molecule has 1 aliphatic rings. The van der Waals surface area contributed by atoms with E-state index in [1.807, 2.05) is 12.1 Å². The van der Waals surface area contributed by atoms with Crippen LogP contribution in [0, 0.1) is 0 Å². The molecule has 0 radical (unpaired) electrons. The van der Waals surface area contributed by atoms with Gasteiger partial charge in [0.25, 0.3) is 0 Å². The van der Waals surface area contributed by atoms with Crippen LogP contribution in [0.5, 0.6) is 0 Å². The van der Waals surface area contributed by atoms with Crippen molar-refractivity contribution in [3.63, 3.8) is 0 Å². The van der Waals surface area contributed by atoms with Crippen molar-refractivity contribution >= 4 is 38.9 Å². The van der Waals surface area contributed by atoms with Gasteiger partial charge in [-0.05, 0) is 54.8 Å². The van der Waals surface area contributed by atoms with E-state index < -0.39 is 15.4 Å². The second-order valence-corrected chi connectivity index (χ2v) is 8.18. The van der Waals surface area contributed by atoms with E-state index in [0.717, 1.165) is 24.7 Å². The highest BCUT2D eigenvalue weighted by molar-refractivity contribution is 7.92. The van der Waals surface area contributed by atoms with Crippen LogP contribution >= 0.6 is 11.6 Å². The van der Waals surface area contributed by atoms with Crippen LogP contribution in [0.1, 0.15) is 18.4 Å². The van der Waals surface area contributed by atoms with Crippen molar-refractivity contribution < 1.29 is 13.2 Å². The number of carbonyl (C=O) groups is 1. The molecule has 24 heavy (non-hydrogen) atoms. The Balaban J connectivity index is 1.72. The summed E-state index contributed by atoms with van der Waals surface area (Å²) >= 11 is 5.90. The molecular weight excluding hydrogens is 348 g/mol. The molecule has 1 fully saturated rings. The SMILES string of the molecule is CS(=O)(=O)Nc1ccc(NC(=O)C2(c3ccc(Cl)cc3)CC2)cc1. The van der Waals surface area contributed by atoms with Crippen LogP contribution < -0.4 is 10.0 Å². The summed E-state index contributed by atoms with van der Waals surface area (Å²) in [4.78, 5) is 12.6. The van der Waals surface area contributed by atoms with Gasteiger partial charge in [0.1, 0.15) is 0 Å². The van der Waals surface area contributed by atoms with Gasteiger partial charge in [-0.25, -0.2) is 8.42 Å². The third-order valence-electron chi connectivity index (χ3n) is 4.03. The Labute approximate surface area is 146 Å². The summed E-state index contributed by atoms with van der Waals surface area (Å²) in [5.74, 6) is -0.0614. The number of carbonyl (C=O) groups excluding carboxylic acids is 1. The van der Waals surface area contributed by atoms with Gasteiger partial charge >= 0.3 is 0 Å². The first-order valence-electron chi connectivity index (χ1n) is 7.44. The average molecular weight is 365 g/mol. The molecule has 0 bridgehead atoms. The Kier molecular flexibility index (Phi) is 4.27. The monoisotopic (exact) mass is 364 g/mol. The minimum absolute atomic E-state index is 0.0614. The van der Waals surface area contributed by atoms with Crippen LogP contribution in [0.2, 0.25) is 5.02 Å². The van der Waals surface area contributed by atoms with Crippen LogP contribution in [0.4, 0.5) is 11.4 Å². The van der Waals surface area contributed by atoms with E-state index in [2.05, 4.69) is 10.0 Å². The van der Waals surface area contributed by atoms with Crippen molar-refractivity contribution in [2.45, 2.75) is 18.3 Å². The highest BCUT2D eigenvalue weighted by Gasteiger charge is 2.51. The molecule has 0 unspecified atom stereocenters. The van der Waals surface area contributed by atoms with E-state index in [1.54, 1.807) is 36.4 Å². The summed E-state index contributed by atoms with van der Waals surface area (Å²) in [5, 5.41) is 3.54. The van der Waals surface area contributed by atoms with Crippen molar-refractivity contribution in [3.05, 3.63) is 59.1 Å². The fourth-order valence-electron chi connectivity index (χ4n) is 2.63. The van der Waals surface area contributed by atoms with Gasteiger partial charge in [-0.15, -0.1) is 0 Å². The van der Waals surface area contributed by atoms with Crippen molar-refractivity contribution in [3.8, 4) is 0 Å². The molecule has 0 heterocycles. The van der Waals surface area contributed by atoms with E-state index in [4.69, 9.17) is 11.6 Å². The molecule has 126 valence electrons. The maximum atomic E-state index is 12.6. The van der Waals surface area contributed by atoms with E-state index in [1.165, 1.54) is 0 Å². The highest BCUT2D eigenvalue weighted by Crippen LogP contribution is 2.49. The molecule has 5 nitrogen and oxygen atoms in total. The maximum Gasteiger partial charge on any atom is 0.235 e. The Morgan fingerprint density at radius 2 is 1.54 bits per heavy atom. The number of hydrogen-bond donors (Lipinski definition) is 2. The summed E-state index contributed by atoms with van der Waals surface area (Å²) in [6.07, 6.45) is 2.69. The fourth-order valence-corrected chi connectivity index (χ4v) is 3.32. The zero-order valence-corrected chi connectivity index (χ0v) is 14.6. The molecule has 0 aliphatic heterocycles.